The number of benzene rings is 1. The molecular weight excluding hydrogens is 298 g/mol. The monoisotopic (exact) mass is 325 g/mol. The van der Waals surface area contributed by atoms with Gasteiger partial charge in [-0.3, -0.25) is 4.79 Å². The van der Waals surface area contributed by atoms with Crippen molar-refractivity contribution in [2.45, 2.75) is 48.0 Å². The molecule has 0 radical (unpaired) electrons. The minimum atomic E-state index is -0.0515. The third kappa shape index (κ3) is 4.34. The minimum absolute atomic E-state index is 0.0515. The maximum Gasteiger partial charge on any atom is 0.240 e. The first-order chi connectivity index (χ1) is 11.3. The normalized spacial score (nSPS) is 11.5. The molecule has 24 heavy (non-hydrogen) atoms. The molecule has 0 aliphatic rings. The second kappa shape index (κ2) is 7.47. The number of rotatable bonds is 5. The standard InChI is InChI=1S/C20H27N3O/c1-13(2)7-20(24)22-21-12-18-11-16(5)23(17(18)6)19-9-14(3)8-15(4)10-19/h8-13H,7H2,1-6H3,(H,22,24)/b21-12-. The number of amides is 1. The first kappa shape index (κ1) is 18.0. The van der Waals surface area contributed by atoms with Gasteiger partial charge in [0.05, 0.1) is 6.21 Å². The van der Waals surface area contributed by atoms with E-state index in [1.165, 1.54) is 11.1 Å². The highest BCUT2D eigenvalue weighted by Crippen LogP contribution is 2.21. The molecular formula is C20H27N3O. The number of carbonyl (C=O) groups excluding carboxylic acids is 1. The summed E-state index contributed by atoms with van der Waals surface area (Å²) in [5, 5.41) is 4.10. The van der Waals surface area contributed by atoms with Gasteiger partial charge in [-0.2, -0.15) is 5.10 Å². The van der Waals surface area contributed by atoms with Crippen LogP contribution in [0.15, 0.2) is 29.4 Å². The zero-order valence-corrected chi connectivity index (χ0v) is 15.5. The van der Waals surface area contributed by atoms with Gasteiger partial charge in [-0.15, -0.1) is 0 Å². The summed E-state index contributed by atoms with van der Waals surface area (Å²) in [7, 11) is 0. The lowest BCUT2D eigenvalue weighted by molar-refractivity contribution is -0.121. The van der Waals surface area contributed by atoms with E-state index in [0.29, 0.717) is 12.3 Å². The Labute approximate surface area is 144 Å². The molecule has 0 unspecified atom stereocenters. The van der Waals surface area contributed by atoms with Crippen molar-refractivity contribution < 1.29 is 4.79 Å². The van der Waals surface area contributed by atoms with Crippen LogP contribution in [0, 0.1) is 33.6 Å². The van der Waals surface area contributed by atoms with Gasteiger partial charge in [0, 0.05) is 29.1 Å². The Kier molecular flexibility index (Phi) is 5.60. The predicted octanol–water partition coefficient (Wildman–Crippen LogP) is 4.21. The number of aryl methyl sites for hydroxylation is 3. The molecule has 2 rings (SSSR count). The highest BCUT2D eigenvalue weighted by atomic mass is 16.2. The molecule has 0 fully saturated rings. The summed E-state index contributed by atoms with van der Waals surface area (Å²) in [6, 6.07) is 8.62. The van der Waals surface area contributed by atoms with Crippen LogP contribution in [-0.2, 0) is 4.79 Å². The first-order valence-corrected chi connectivity index (χ1v) is 8.37. The Bertz CT molecular complexity index is 749. The fourth-order valence-electron chi connectivity index (χ4n) is 2.99. The van der Waals surface area contributed by atoms with Gasteiger partial charge in [0.15, 0.2) is 0 Å². The van der Waals surface area contributed by atoms with Crippen LogP contribution >= 0.6 is 0 Å². The van der Waals surface area contributed by atoms with Crippen molar-refractivity contribution in [1.82, 2.24) is 9.99 Å². The Morgan fingerprint density at radius 3 is 2.33 bits per heavy atom. The van der Waals surface area contributed by atoms with E-state index in [-0.39, 0.29) is 5.91 Å². The third-order valence-electron chi connectivity index (χ3n) is 3.92. The smallest absolute Gasteiger partial charge is 0.240 e. The average Bonchev–Trinajstić information content (AvgIpc) is 2.71. The van der Waals surface area contributed by atoms with Crippen LogP contribution < -0.4 is 5.43 Å². The molecule has 4 heteroatoms. The molecule has 0 saturated carbocycles. The van der Waals surface area contributed by atoms with Gasteiger partial charge >= 0.3 is 0 Å². The lowest BCUT2D eigenvalue weighted by Crippen LogP contribution is -2.19. The molecule has 1 aromatic carbocycles. The molecule has 1 amide bonds. The van der Waals surface area contributed by atoms with Crippen LogP contribution in [0.5, 0.6) is 0 Å². The van der Waals surface area contributed by atoms with E-state index in [9.17, 15) is 4.79 Å². The number of hydrazone groups is 1. The van der Waals surface area contributed by atoms with Crippen LogP contribution in [0.1, 0.15) is 48.3 Å². The molecule has 0 saturated heterocycles. The molecule has 1 aromatic heterocycles. The fraction of sp³-hybridized carbons (Fsp3) is 0.400. The predicted molar refractivity (Wildman–Crippen MR) is 99.9 cm³/mol. The Morgan fingerprint density at radius 1 is 1.12 bits per heavy atom. The van der Waals surface area contributed by atoms with E-state index in [2.05, 4.69) is 67.1 Å². The van der Waals surface area contributed by atoms with Gasteiger partial charge in [0.25, 0.3) is 0 Å². The van der Waals surface area contributed by atoms with E-state index in [1.54, 1.807) is 6.21 Å². The van der Waals surface area contributed by atoms with Crippen molar-refractivity contribution >= 4 is 12.1 Å². The lowest BCUT2D eigenvalue weighted by Gasteiger charge is -2.11. The molecule has 2 aromatic rings. The SMILES string of the molecule is Cc1cc(C)cc(-n2c(C)cc(/C=N\NC(=O)CC(C)C)c2C)c1. The summed E-state index contributed by atoms with van der Waals surface area (Å²) < 4.78 is 2.22. The van der Waals surface area contributed by atoms with Crippen LogP contribution in [0.25, 0.3) is 5.69 Å². The molecule has 1 heterocycles. The zero-order chi connectivity index (χ0) is 17.9. The largest absolute Gasteiger partial charge is 0.318 e. The quantitative estimate of drug-likeness (QED) is 0.650. The number of nitrogens with one attached hydrogen (secondary N) is 1. The van der Waals surface area contributed by atoms with Crippen LogP contribution in [-0.4, -0.2) is 16.7 Å². The van der Waals surface area contributed by atoms with Crippen molar-refractivity contribution in [2.75, 3.05) is 0 Å². The lowest BCUT2D eigenvalue weighted by atomic mass is 10.1. The minimum Gasteiger partial charge on any atom is -0.318 e. The van der Waals surface area contributed by atoms with E-state index in [1.807, 2.05) is 13.8 Å². The molecule has 0 aliphatic heterocycles. The molecule has 0 spiro atoms. The van der Waals surface area contributed by atoms with Crippen LogP contribution in [0.3, 0.4) is 0 Å². The van der Waals surface area contributed by atoms with Crippen LogP contribution in [0.2, 0.25) is 0 Å². The third-order valence-corrected chi connectivity index (χ3v) is 3.92. The van der Waals surface area contributed by atoms with Crippen molar-refractivity contribution in [1.29, 1.82) is 0 Å². The van der Waals surface area contributed by atoms with Crippen molar-refractivity contribution in [2.24, 2.45) is 11.0 Å². The van der Waals surface area contributed by atoms with E-state index >= 15 is 0 Å². The second-order valence-electron chi connectivity index (χ2n) is 6.90. The van der Waals surface area contributed by atoms with Crippen molar-refractivity contribution in [3.05, 3.63) is 52.3 Å². The maximum atomic E-state index is 11.7. The molecule has 128 valence electrons. The first-order valence-electron chi connectivity index (χ1n) is 8.37. The topological polar surface area (TPSA) is 46.4 Å². The Balaban J connectivity index is 2.24. The zero-order valence-electron chi connectivity index (χ0n) is 15.5. The summed E-state index contributed by atoms with van der Waals surface area (Å²) in [4.78, 5) is 11.7. The van der Waals surface area contributed by atoms with Crippen molar-refractivity contribution in [3.63, 3.8) is 0 Å². The summed E-state index contributed by atoms with van der Waals surface area (Å²) in [5.74, 6) is 0.277. The summed E-state index contributed by atoms with van der Waals surface area (Å²) >= 11 is 0. The van der Waals surface area contributed by atoms with Crippen molar-refractivity contribution in [3.8, 4) is 5.69 Å². The maximum absolute atomic E-state index is 11.7. The molecule has 0 atom stereocenters. The Hall–Kier alpha value is -2.36. The van der Waals surface area contributed by atoms with Gasteiger partial charge in [0.1, 0.15) is 0 Å². The fourth-order valence-corrected chi connectivity index (χ4v) is 2.99. The number of hydrogen-bond donors (Lipinski definition) is 1. The number of hydrogen-bond acceptors (Lipinski definition) is 2. The Morgan fingerprint density at radius 2 is 1.75 bits per heavy atom. The summed E-state index contributed by atoms with van der Waals surface area (Å²) in [5.41, 5.74) is 9.51. The van der Waals surface area contributed by atoms with E-state index < -0.39 is 0 Å². The molecule has 0 bridgehead atoms. The summed E-state index contributed by atoms with van der Waals surface area (Å²) in [6.45, 7) is 12.4. The molecule has 4 nitrogen and oxygen atoms in total. The average molecular weight is 325 g/mol. The number of nitrogens with zero attached hydrogens (tertiary/aromatic N) is 2. The second-order valence-corrected chi connectivity index (χ2v) is 6.90. The van der Waals surface area contributed by atoms with Gasteiger partial charge in [-0.25, -0.2) is 5.43 Å². The highest BCUT2D eigenvalue weighted by molar-refractivity contribution is 5.84. The van der Waals surface area contributed by atoms with E-state index in [0.717, 1.165) is 22.6 Å². The van der Waals surface area contributed by atoms with Gasteiger partial charge in [0.2, 0.25) is 5.91 Å². The van der Waals surface area contributed by atoms with Gasteiger partial charge < -0.3 is 4.57 Å². The number of aromatic nitrogens is 1. The van der Waals surface area contributed by atoms with Gasteiger partial charge in [-0.05, 0) is 62.9 Å². The van der Waals surface area contributed by atoms with Gasteiger partial charge in [-0.1, -0.05) is 19.9 Å². The highest BCUT2D eigenvalue weighted by Gasteiger charge is 2.10. The molecule has 0 aliphatic carbocycles. The summed E-state index contributed by atoms with van der Waals surface area (Å²) in [6.07, 6.45) is 2.21. The molecule has 1 N–H and O–H groups in total. The van der Waals surface area contributed by atoms with E-state index in [4.69, 9.17) is 0 Å². The van der Waals surface area contributed by atoms with Crippen LogP contribution in [0.4, 0.5) is 0 Å². The number of carbonyl (C=O) groups is 1.